The normalized spacial score (nSPS) is 12.5. The van der Waals surface area contributed by atoms with Crippen LogP contribution in [0.5, 0.6) is 5.75 Å². The molecule has 0 bridgehead atoms. The van der Waals surface area contributed by atoms with Gasteiger partial charge in [-0.15, -0.1) is 0 Å². The number of methoxy groups -OCH3 is 1. The highest BCUT2D eigenvalue weighted by atomic mass is 35.5. The van der Waals surface area contributed by atoms with Crippen LogP contribution in [0, 0.1) is 11.8 Å². The molecule has 20 heavy (non-hydrogen) atoms. The zero-order valence-corrected chi connectivity index (χ0v) is 13.2. The molecule has 0 saturated heterocycles. The lowest BCUT2D eigenvalue weighted by Gasteiger charge is -2.16. The number of halogens is 1. The van der Waals surface area contributed by atoms with Crippen LogP contribution < -0.4 is 10.5 Å². The van der Waals surface area contributed by atoms with Crippen LogP contribution >= 0.6 is 11.6 Å². The summed E-state index contributed by atoms with van der Waals surface area (Å²) < 4.78 is 5.26. The van der Waals surface area contributed by atoms with Crippen LogP contribution in [0.2, 0.25) is 5.02 Å². The lowest BCUT2D eigenvalue weighted by molar-refractivity contribution is -0.119. The number of rotatable bonds is 8. The molecule has 1 rings (SSSR count). The van der Waals surface area contributed by atoms with Gasteiger partial charge in [-0.2, -0.15) is 0 Å². The van der Waals surface area contributed by atoms with E-state index in [9.17, 15) is 4.79 Å². The minimum atomic E-state index is 0.182. The van der Waals surface area contributed by atoms with E-state index in [1.165, 1.54) is 0 Å². The number of ether oxygens (including phenoxy) is 1. The monoisotopic (exact) mass is 297 g/mol. The van der Waals surface area contributed by atoms with Gasteiger partial charge in [0.15, 0.2) is 0 Å². The van der Waals surface area contributed by atoms with Crippen LogP contribution in [0.1, 0.15) is 32.3 Å². The topological polar surface area (TPSA) is 52.3 Å². The lowest BCUT2D eigenvalue weighted by Crippen LogP contribution is -2.21. The Morgan fingerprint density at radius 3 is 2.65 bits per heavy atom. The largest absolute Gasteiger partial charge is 0.496 e. The van der Waals surface area contributed by atoms with Gasteiger partial charge in [-0.05, 0) is 43.0 Å². The number of Topliss-reactive ketones (excluding diaryl/α,β-unsaturated/α-hetero) is 1. The van der Waals surface area contributed by atoms with Crippen LogP contribution in [-0.4, -0.2) is 19.4 Å². The average Bonchev–Trinajstić information content (AvgIpc) is 2.37. The van der Waals surface area contributed by atoms with Gasteiger partial charge in [-0.25, -0.2) is 0 Å². The molecule has 2 N–H and O–H groups in total. The summed E-state index contributed by atoms with van der Waals surface area (Å²) >= 11 is 5.97. The Hall–Kier alpha value is -1.06. The molecule has 0 aliphatic rings. The molecule has 0 aliphatic heterocycles. The van der Waals surface area contributed by atoms with Gasteiger partial charge in [-0.3, -0.25) is 4.79 Å². The number of benzene rings is 1. The maximum atomic E-state index is 12.2. The minimum Gasteiger partial charge on any atom is -0.496 e. The first-order chi connectivity index (χ1) is 9.46. The molecule has 1 unspecified atom stereocenters. The van der Waals surface area contributed by atoms with Crippen molar-refractivity contribution in [2.24, 2.45) is 17.6 Å². The van der Waals surface area contributed by atoms with Crippen LogP contribution in [0.4, 0.5) is 0 Å². The molecule has 0 saturated carbocycles. The Bertz CT molecular complexity index is 446. The van der Waals surface area contributed by atoms with Crippen LogP contribution in [0.25, 0.3) is 0 Å². The number of hydrogen-bond donors (Lipinski definition) is 1. The van der Waals surface area contributed by atoms with Gasteiger partial charge in [0.25, 0.3) is 0 Å². The highest BCUT2D eigenvalue weighted by molar-refractivity contribution is 6.30. The second-order valence-electron chi connectivity index (χ2n) is 5.61. The first kappa shape index (κ1) is 17.0. The Morgan fingerprint density at radius 2 is 2.10 bits per heavy atom. The molecule has 0 aliphatic carbocycles. The summed E-state index contributed by atoms with van der Waals surface area (Å²) in [6.07, 6.45) is 1.84. The third-order valence-corrected chi connectivity index (χ3v) is 3.52. The molecule has 112 valence electrons. The third kappa shape index (κ3) is 5.51. The van der Waals surface area contributed by atoms with Crippen molar-refractivity contribution in [3.63, 3.8) is 0 Å². The zero-order chi connectivity index (χ0) is 15.1. The predicted molar refractivity (Wildman–Crippen MR) is 83.3 cm³/mol. The minimum absolute atomic E-state index is 0.182. The second-order valence-corrected chi connectivity index (χ2v) is 6.04. The first-order valence-corrected chi connectivity index (χ1v) is 7.38. The smallest absolute Gasteiger partial charge is 0.137 e. The summed E-state index contributed by atoms with van der Waals surface area (Å²) in [6.45, 7) is 4.84. The molecule has 0 radical (unpaired) electrons. The van der Waals surface area contributed by atoms with E-state index in [0.29, 0.717) is 36.1 Å². The van der Waals surface area contributed by atoms with E-state index in [-0.39, 0.29) is 11.7 Å². The molecule has 0 aromatic heterocycles. The Labute approximate surface area is 126 Å². The summed E-state index contributed by atoms with van der Waals surface area (Å²) in [6, 6.07) is 5.34. The second kappa shape index (κ2) is 8.28. The standard InChI is InChI=1S/C16H24ClNO2/c1-11(2)6-12(10-18)7-15(19)9-13-8-14(17)4-5-16(13)20-3/h4-5,8,11-12H,6-7,9-10,18H2,1-3H3. The van der Waals surface area contributed by atoms with Gasteiger partial charge in [0, 0.05) is 23.4 Å². The van der Waals surface area contributed by atoms with Crippen LogP contribution in [0.3, 0.4) is 0 Å². The maximum absolute atomic E-state index is 12.2. The summed E-state index contributed by atoms with van der Waals surface area (Å²) in [7, 11) is 1.60. The highest BCUT2D eigenvalue weighted by Crippen LogP contribution is 2.24. The molecule has 4 heteroatoms. The van der Waals surface area contributed by atoms with Gasteiger partial charge in [0.05, 0.1) is 7.11 Å². The highest BCUT2D eigenvalue weighted by Gasteiger charge is 2.16. The number of nitrogens with two attached hydrogens (primary N) is 1. The van der Waals surface area contributed by atoms with Gasteiger partial charge < -0.3 is 10.5 Å². The van der Waals surface area contributed by atoms with E-state index < -0.39 is 0 Å². The summed E-state index contributed by atoms with van der Waals surface area (Å²) in [5.41, 5.74) is 6.58. The Kier molecular flexibility index (Phi) is 7.03. The molecule has 3 nitrogen and oxygen atoms in total. The molecule has 1 atom stereocenters. The lowest BCUT2D eigenvalue weighted by atomic mass is 9.91. The molecule has 0 spiro atoms. The fraction of sp³-hybridized carbons (Fsp3) is 0.562. The average molecular weight is 298 g/mol. The maximum Gasteiger partial charge on any atom is 0.137 e. The van der Waals surface area contributed by atoms with Crippen molar-refractivity contribution in [3.05, 3.63) is 28.8 Å². The molecule has 0 amide bonds. The van der Waals surface area contributed by atoms with E-state index in [4.69, 9.17) is 22.1 Å². The van der Waals surface area contributed by atoms with Crippen molar-refractivity contribution in [1.29, 1.82) is 0 Å². The number of hydrogen-bond acceptors (Lipinski definition) is 3. The van der Waals surface area contributed by atoms with Crippen molar-refractivity contribution >= 4 is 17.4 Å². The zero-order valence-electron chi connectivity index (χ0n) is 12.5. The summed E-state index contributed by atoms with van der Waals surface area (Å²) in [5, 5.41) is 0.617. The fourth-order valence-electron chi connectivity index (χ4n) is 2.42. The van der Waals surface area contributed by atoms with Crippen molar-refractivity contribution in [2.45, 2.75) is 33.1 Å². The molecular weight excluding hydrogens is 274 g/mol. The van der Waals surface area contributed by atoms with Crippen LogP contribution in [-0.2, 0) is 11.2 Å². The van der Waals surface area contributed by atoms with E-state index in [1.54, 1.807) is 25.3 Å². The number of ketones is 1. The van der Waals surface area contributed by atoms with Crippen molar-refractivity contribution in [1.82, 2.24) is 0 Å². The summed E-state index contributed by atoms with van der Waals surface area (Å²) in [5.74, 6) is 1.70. The van der Waals surface area contributed by atoms with Gasteiger partial charge >= 0.3 is 0 Å². The summed E-state index contributed by atoms with van der Waals surface area (Å²) in [4.78, 5) is 12.2. The molecule has 0 heterocycles. The van der Waals surface area contributed by atoms with Crippen molar-refractivity contribution < 1.29 is 9.53 Å². The van der Waals surface area contributed by atoms with Crippen molar-refractivity contribution in [3.8, 4) is 5.75 Å². The van der Waals surface area contributed by atoms with E-state index >= 15 is 0 Å². The van der Waals surface area contributed by atoms with Gasteiger partial charge in [0.1, 0.15) is 11.5 Å². The number of carbonyl (C=O) groups is 1. The van der Waals surface area contributed by atoms with Crippen molar-refractivity contribution in [2.75, 3.05) is 13.7 Å². The van der Waals surface area contributed by atoms with E-state index in [1.807, 2.05) is 0 Å². The molecular formula is C16H24ClNO2. The molecule has 0 fully saturated rings. The number of carbonyl (C=O) groups excluding carboxylic acids is 1. The molecule has 1 aromatic carbocycles. The Balaban J connectivity index is 2.68. The first-order valence-electron chi connectivity index (χ1n) is 7.00. The van der Waals surface area contributed by atoms with Gasteiger partial charge in [0.2, 0.25) is 0 Å². The predicted octanol–water partition coefficient (Wildman–Crippen LogP) is 3.47. The molecule has 1 aromatic rings. The quantitative estimate of drug-likeness (QED) is 0.799. The fourth-order valence-corrected chi connectivity index (χ4v) is 2.62. The van der Waals surface area contributed by atoms with Crippen LogP contribution in [0.15, 0.2) is 18.2 Å². The van der Waals surface area contributed by atoms with Gasteiger partial charge in [-0.1, -0.05) is 25.4 Å². The Morgan fingerprint density at radius 1 is 1.40 bits per heavy atom. The van der Waals surface area contributed by atoms with E-state index in [2.05, 4.69) is 13.8 Å². The van der Waals surface area contributed by atoms with E-state index in [0.717, 1.165) is 12.0 Å². The SMILES string of the molecule is COc1ccc(Cl)cc1CC(=O)CC(CN)CC(C)C. The third-order valence-electron chi connectivity index (χ3n) is 3.28.